The third-order valence-corrected chi connectivity index (χ3v) is 5.35. The Labute approximate surface area is 132 Å². The second-order valence-corrected chi connectivity index (χ2v) is 7.09. The first kappa shape index (κ1) is 14.8. The first-order valence-corrected chi connectivity index (χ1v) is 8.94. The zero-order valence-electron chi connectivity index (χ0n) is 11.5. The summed E-state index contributed by atoms with van der Waals surface area (Å²) in [5.74, 6) is 0.582. The van der Waals surface area contributed by atoms with Gasteiger partial charge in [0.15, 0.2) is 0 Å². The van der Waals surface area contributed by atoms with E-state index in [1.807, 2.05) is 6.07 Å². The minimum Gasteiger partial charge on any atom is -0.464 e. The second-order valence-electron chi connectivity index (χ2n) is 4.63. The van der Waals surface area contributed by atoms with Gasteiger partial charge in [0.2, 0.25) is 0 Å². The van der Waals surface area contributed by atoms with Crippen LogP contribution in [0.15, 0.2) is 62.7 Å². The van der Waals surface area contributed by atoms with E-state index in [1.54, 1.807) is 47.4 Å². The summed E-state index contributed by atoms with van der Waals surface area (Å²) in [5, 5.41) is 3.31. The summed E-state index contributed by atoms with van der Waals surface area (Å²) in [7, 11) is -3.62. The number of thiophene rings is 1. The molecule has 0 aliphatic rings. The van der Waals surface area contributed by atoms with Gasteiger partial charge in [-0.1, -0.05) is 6.07 Å². The minimum atomic E-state index is -3.62. The highest BCUT2D eigenvalue weighted by Crippen LogP contribution is 2.31. The molecule has 0 bridgehead atoms. The first-order valence-electron chi connectivity index (χ1n) is 6.52. The van der Waals surface area contributed by atoms with Gasteiger partial charge >= 0.3 is 0 Å². The van der Waals surface area contributed by atoms with Gasteiger partial charge in [-0.2, -0.15) is 11.3 Å². The molecule has 0 spiro atoms. The van der Waals surface area contributed by atoms with Gasteiger partial charge in [-0.15, -0.1) is 0 Å². The quantitative estimate of drug-likeness (QED) is 0.750. The predicted octanol–water partition coefficient (Wildman–Crippen LogP) is 3.27. The van der Waals surface area contributed by atoms with Gasteiger partial charge in [0, 0.05) is 17.5 Å². The van der Waals surface area contributed by atoms with Crippen LogP contribution in [0, 0.1) is 0 Å². The van der Waals surface area contributed by atoms with Gasteiger partial charge in [-0.3, -0.25) is 4.72 Å². The van der Waals surface area contributed by atoms with E-state index in [4.69, 9.17) is 10.2 Å². The van der Waals surface area contributed by atoms with Crippen LogP contribution < -0.4 is 10.5 Å². The second kappa shape index (κ2) is 5.96. The Morgan fingerprint density at radius 3 is 2.73 bits per heavy atom. The van der Waals surface area contributed by atoms with Gasteiger partial charge in [0.05, 0.1) is 16.8 Å². The monoisotopic (exact) mass is 334 g/mol. The normalized spacial score (nSPS) is 11.5. The highest BCUT2D eigenvalue weighted by atomic mass is 32.2. The van der Waals surface area contributed by atoms with E-state index < -0.39 is 10.0 Å². The number of anilines is 1. The molecule has 5 nitrogen and oxygen atoms in total. The average molecular weight is 334 g/mol. The third kappa shape index (κ3) is 2.92. The van der Waals surface area contributed by atoms with Gasteiger partial charge in [0.25, 0.3) is 10.0 Å². The third-order valence-electron chi connectivity index (χ3n) is 3.16. The lowest BCUT2D eigenvalue weighted by Gasteiger charge is -2.12. The largest absolute Gasteiger partial charge is 0.464 e. The standard InChI is InChI=1S/C15H14N2O3S2/c16-9-11-3-4-14(13(8-11)15-2-1-6-20-15)17-22(18,19)12-5-7-21-10-12/h1-8,10,17H,9,16H2. The van der Waals surface area contributed by atoms with Crippen molar-refractivity contribution in [2.24, 2.45) is 5.73 Å². The summed E-state index contributed by atoms with van der Waals surface area (Å²) in [6.45, 7) is 0.366. The van der Waals surface area contributed by atoms with E-state index in [9.17, 15) is 8.42 Å². The molecule has 0 fully saturated rings. The van der Waals surface area contributed by atoms with Crippen LogP contribution in [0.3, 0.4) is 0 Å². The zero-order valence-corrected chi connectivity index (χ0v) is 13.2. The summed E-state index contributed by atoms with van der Waals surface area (Å²) in [4.78, 5) is 0.241. The molecule has 2 aromatic heterocycles. The zero-order chi connectivity index (χ0) is 15.6. The van der Waals surface area contributed by atoms with Crippen molar-refractivity contribution >= 4 is 27.0 Å². The van der Waals surface area contributed by atoms with Crippen molar-refractivity contribution in [3.63, 3.8) is 0 Å². The first-order chi connectivity index (χ1) is 10.6. The molecule has 114 valence electrons. The molecule has 3 aromatic rings. The number of nitrogens with one attached hydrogen (secondary N) is 1. The molecule has 0 unspecified atom stereocenters. The smallest absolute Gasteiger partial charge is 0.262 e. The lowest BCUT2D eigenvalue weighted by Crippen LogP contribution is -2.13. The van der Waals surface area contributed by atoms with Gasteiger partial charge in [0.1, 0.15) is 5.76 Å². The maximum Gasteiger partial charge on any atom is 0.262 e. The van der Waals surface area contributed by atoms with E-state index in [1.165, 1.54) is 11.3 Å². The van der Waals surface area contributed by atoms with Crippen LogP contribution in [0.4, 0.5) is 5.69 Å². The topological polar surface area (TPSA) is 85.3 Å². The Hall–Kier alpha value is -2.09. The average Bonchev–Trinajstić information content (AvgIpc) is 3.21. The van der Waals surface area contributed by atoms with Crippen LogP contribution in [-0.4, -0.2) is 8.42 Å². The molecule has 0 saturated heterocycles. The number of sulfonamides is 1. The fraction of sp³-hybridized carbons (Fsp3) is 0.0667. The van der Waals surface area contributed by atoms with Crippen LogP contribution >= 0.6 is 11.3 Å². The molecule has 1 aromatic carbocycles. The van der Waals surface area contributed by atoms with E-state index >= 15 is 0 Å². The van der Waals surface area contributed by atoms with Crippen molar-refractivity contribution < 1.29 is 12.8 Å². The summed E-state index contributed by atoms with van der Waals surface area (Å²) < 4.78 is 32.8. The number of hydrogen-bond acceptors (Lipinski definition) is 5. The molecule has 3 rings (SSSR count). The van der Waals surface area contributed by atoms with Crippen molar-refractivity contribution in [2.75, 3.05) is 4.72 Å². The fourth-order valence-corrected chi connectivity index (χ4v) is 4.16. The van der Waals surface area contributed by atoms with Crippen molar-refractivity contribution in [3.8, 4) is 11.3 Å². The van der Waals surface area contributed by atoms with Crippen LogP contribution in [-0.2, 0) is 16.6 Å². The van der Waals surface area contributed by atoms with Gasteiger partial charge in [-0.25, -0.2) is 8.42 Å². The number of rotatable bonds is 5. The van der Waals surface area contributed by atoms with E-state index in [-0.39, 0.29) is 4.90 Å². The Kier molecular flexibility index (Phi) is 4.02. The summed E-state index contributed by atoms with van der Waals surface area (Å²) in [6.07, 6.45) is 1.54. The maximum absolute atomic E-state index is 12.4. The Balaban J connectivity index is 2.04. The van der Waals surface area contributed by atoms with Crippen molar-refractivity contribution in [3.05, 3.63) is 59.0 Å². The van der Waals surface area contributed by atoms with Gasteiger partial charge < -0.3 is 10.2 Å². The van der Waals surface area contributed by atoms with E-state index in [0.717, 1.165) is 5.56 Å². The SMILES string of the molecule is NCc1ccc(NS(=O)(=O)c2ccsc2)c(-c2ccco2)c1. The Morgan fingerprint density at radius 1 is 1.23 bits per heavy atom. The lowest BCUT2D eigenvalue weighted by atomic mass is 10.1. The molecule has 0 saturated carbocycles. The molecule has 0 aliphatic heterocycles. The minimum absolute atomic E-state index is 0.241. The predicted molar refractivity (Wildman–Crippen MR) is 87.2 cm³/mol. The summed E-state index contributed by atoms with van der Waals surface area (Å²) >= 11 is 1.33. The molecular formula is C15H14N2O3S2. The van der Waals surface area contributed by atoms with E-state index in [0.29, 0.717) is 23.6 Å². The Bertz CT molecular complexity index is 854. The van der Waals surface area contributed by atoms with Crippen LogP contribution in [0.25, 0.3) is 11.3 Å². The molecule has 3 N–H and O–H groups in total. The van der Waals surface area contributed by atoms with Crippen LogP contribution in [0.2, 0.25) is 0 Å². The highest BCUT2D eigenvalue weighted by molar-refractivity contribution is 7.92. The molecule has 0 amide bonds. The molecule has 7 heteroatoms. The number of furan rings is 1. The van der Waals surface area contributed by atoms with Crippen LogP contribution in [0.1, 0.15) is 5.56 Å². The molecule has 0 atom stereocenters. The van der Waals surface area contributed by atoms with Crippen molar-refractivity contribution in [1.82, 2.24) is 0 Å². The lowest BCUT2D eigenvalue weighted by molar-refractivity contribution is 0.582. The number of hydrogen-bond donors (Lipinski definition) is 2. The summed E-state index contributed by atoms with van der Waals surface area (Å²) in [5.41, 5.74) is 7.67. The maximum atomic E-state index is 12.4. The van der Waals surface area contributed by atoms with Gasteiger partial charge in [-0.05, 0) is 41.3 Å². The molecular weight excluding hydrogens is 320 g/mol. The van der Waals surface area contributed by atoms with Crippen LogP contribution in [0.5, 0.6) is 0 Å². The molecule has 2 heterocycles. The Morgan fingerprint density at radius 2 is 2.09 bits per heavy atom. The molecule has 22 heavy (non-hydrogen) atoms. The van der Waals surface area contributed by atoms with Crippen molar-refractivity contribution in [1.29, 1.82) is 0 Å². The summed E-state index contributed by atoms with van der Waals surface area (Å²) in [6, 6.07) is 10.4. The molecule has 0 aliphatic carbocycles. The fourth-order valence-electron chi connectivity index (χ4n) is 2.05. The number of benzene rings is 1. The van der Waals surface area contributed by atoms with Crippen molar-refractivity contribution in [2.45, 2.75) is 11.4 Å². The highest BCUT2D eigenvalue weighted by Gasteiger charge is 2.18. The molecule has 0 radical (unpaired) electrons. The number of nitrogens with two attached hydrogens (primary N) is 1. The van der Waals surface area contributed by atoms with E-state index in [2.05, 4.69) is 4.72 Å².